The molecule has 0 N–H and O–H groups in total. The van der Waals surface area contributed by atoms with Gasteiger partial charge in [-0.2, -0.15) is 0 Å². The van der Waals surface area contributed by atoms with Crippen LogP contribution < -0.4 is 0 Å². The molecular formula is C12H7Br2FOS. The van der Waals surface area contributed by atoms with E-state index in [1.54, 1.807) is 6.07 Å². The first-order chi connectivity index (χ1) is 8.08. The first-order valence-electron chi connectivity index (χ1n) is 4.78. The molecule has 0 fully saturated rings. The average Bonchev–Trinajstić information content (AvgIpc) is 2.68. The van der Waals surface area contributed by atoms with Gasteiger partial charge in [0.15, 0.2) is 5.78 Å². The van der Waals surface area contributed by atoms with E-state index < -0.39 is 5.82 Å². The Bertz CT molecular complexity index is 565. The maximum absolute atomic E-state index is 13.1. The van der Waals surface area contributed by atoms with Crippen LogP contribution in [0, 0.1) is 5.82 Å². The zero-order chi connectivity index (χ0) is 12.4. The van der Waals surface area contributed by atoms with E-state index in [9.17, 15) is 9.18 Å². The van der Waals surface area contributed by atoms with E-state index in [0.29, 0.717) is 10.0 Å². The molecule has 1 heterocycles. The molecule has 1 aromatic carbocycles. The highest BCUT2D eigenvalue weighted by molar-refractivity contribution is 9.10. The second-order valence-corrected chi connectivity index (χ2v) is 6.13. The van der Waals surface area contributed by atoms with E-state index in [2.05, 4.69) is 31.9 Å². The molecule has 17 heavy (non-hydrogen) atoms. The van der Waals surface area contributed by atoms with Crippen molar-refractivity contribution in [3.05, 3.63) is 54.8 Å². The monoisotopic (exact) mass is 376 g/mol. The van der Waals surface area contributed by atoms with E-state index in [4.69, 9.17) is 0 Å². The average molecular weight is 378 g/mol. The lowest BCUT2D eigenvalue weighted by atomic mass is 10.1. The molecule has 0 radical (unpaired) electrons. The standard InChI is InChI=1S/C12H7Br2FOS/c13-9-2-1-7(15)5-8(9)11(16)6-12-10(14)3-4-17-12/h1-5H,6H2. The molecule has 0 amide bonds. The van der Waals surface area contributed by atoms with Crippen molar-refractivity contribution in [2.24, 2.45) is 0 Å². The molecule has 0 saturated carbocycles. The van der Waals surface area contributed by atoms with Gasteiger partial charge >= 0.3 is 0 Å². The maximum atomic E-state index is 13.1. The minimum absolute atomic E-state index is 0.0977. The number of carbonyl (C=O) groups is 1. The summed E-state index contributed by atoms with van der Waals surface area (Å²) in [5.41, 5.74) is 0.380. The summed E-state index contributed by atoms with van der Waals surface area (Å²) in [5.74, 6) is -0.499. The Morgan fingerprint density at radius 1 is 1.24 bits per heavy atom. The summed E-state index contributed by atoms with van der Waals surface area (Å²) < 4.78 is 14.6. The van der Waals surface area contributed by atoms with Gasteiger partial charge in [-0.15, -0.1) is 11.3 Å². The van der Waals surface area contributed by atoms with Crippen LogP contribution in [-0.2, 0) is 6.42 Å². The highest BCUT2D eigenvalue weighted by Gasteiger charge is 2.14. The summed E-state index contributed by atoms with van der Waals surface area (Å²) in [5, 5.41) is 1.91. The lowest BCUT2D eigenvalue weighted by molar-refractivity contribution is 0.0992. The van der Waals surface area contributed by atoms with Crippen LogP contribution >= 0.6 is 43.2 Å². The van der Waals surface area contributed by atoms with Crippen molar-refractivity contribution in [1.29, 1.82) is 0 Å². The van der Waals surface area contributed by atoms with E-state index in [0.717, 1.165) is 9.35 Å². The van der Waals surface area contributed by atoms with Crippen LogP contribution in [0.15, 0.2) is 38.6 Å². The summed E-state index contributed by atoms with van der Waals surface area (Å²) in [6, 6.07) is 6.02. The van der Waals surface area contributed by atoms with Crippen LogP contribution in [0.1, 0.15) is 15.2 Å². The summed E-state index contributed by atoms with van der Waals surface area (Å²) in [6.07, 6.45) is 0.278. The van der Waals surface area contributed by atoms with Gasteiger partial charge in [-0.3, -0.25) is 4.79 Å². The summed E-state index contributed by atoms with van der Waals surface area (Å²) in [7, 11) is 0. The number of hydrogen-bond acceptors (Lipinski definition) is 2. The Morgan fingerprint density at radius 3 is 2.65 bits per heavy atom. The molecule has 2 aromatic rings. The Balaban J connectivity index is 2.26. The lowest BCUT2D eigenvalue weighted by Gasteiger charge is -2.03. The molecule has 5 heteroatoms. The van der Waals surface area contributed by atoms with Gasteiger partial charge in [-0.25, -0.2) is 4.39 Å². The Hall–Kier alpha value is -0.520. The van der Waals surface area contributed by atoms with E-state index in [1.807, 2.05) is 11.4 Å². The second kappa shape index (κ2) is 5.42. The number of ketones is 1. The fraction of sp³-hybridized carbons (Fsp3) is 0.0833. The molecule has 0 aliphatic heterocycles. The SMILES string of the molecule is O=C(Cc1sccc1Br)c1cc(F)ccc1Br. The highest BCUT2D eigenvalue weighted by atomic mass is 79.9. The predicted molar refractivity (Wildman–Crippen MR) is 74.2 cm³/mol. The zero-order valence-electron chi connectivity index (χ0n) is 8.54. The Kier molecular flexibility index (Phi) is 4.12. The molecule has 0 aliphatic carbocycles. The van der Waals surface area contributed by atoms with Crippen molar-refractivity contribution in [3.8, 4) is 0 Å². The number of hydrogen-bond donors (Lipinski definition) is 0. The topological polar surface area (TPSA) is 17.1 Å². The van der Waals surface area contributed by atoms with Gasteiger partial charge in [-0.05, 0) is 45.6 Å². The smallest absolute Gasteiger partial charge is 0.169 e. The zero-order valence-corrected chi connectivity index (χ0v) is 12.5. The quantitative estimate of drug-likeness (QED) is 0.699. The van der Waals surface area contributed by atoms with Gasteiger partial charge in [0.1, 0.15) is 5.82 Å². The van der Waals surface area contributed by atoms with Crippen LogP contribution in [-0.4, -0.2) is 5.78 Å². The number of benzene rings is 1. The third-order valence-electron chi connectivity index (χ3n) is 2.24. The normalized spacial score (nSPS) is 10.5. The largest absolute Gasteiger partial charge is 0.294 e. The number of carbonyl (C=O) groups excluding carboxylic acids is 1. The fourth-order valence-electron chi connectivity index (χ4n) is 1.40. The number of Topliss-reactive ketones (excluding diaryl/α,β-unsaturated/α-hetero) is 1. The molecule has 2 rings (SSSR count). The molecule has 0 unspecified atom stereocenters. The Labute approximate surface area is 119 Å². The van der Waals surface area contributed by atoms with Crippen LogP contribution in [0.4, 0.5) is 4.39 Å². The van der Waals surface area contributed by atoms with Gasteiger partial charge in [0, 0.05) is 25.8 Å². The minimum Gasteiger partial charge on any atom is -0.294 e. The molecule has 0 spiro atoms. The van der Waals surface area contributed by atoms with Gasteiger partial charge in [0.2, 0.25) is 0 Å². The summed E-state index contributed by atoms with van der Waals surface area (Å²) in [4.78, 5) is 13.0. The van der Waals surface area contributed by atoms with Crippen molar-refractivity contribution in [1.82, 2.24) is 0 Å². The summed E-state index contributed by atoms with van der Waals surface area (Å²) >= 11 is 8.14. The lowest BCUT2D eigenvalue weighted by Crippen LogP contribution is -2.04. The van der Waals surface area contributed by atoms with Crippen molar-refractivity contribution in [2.75, 3.05) is 0 Å². The maximum Gasteiger partial charge on any atom is 0.169 e. The van der Waals surface area contributed by atoms with Crippen molar-refractivity contribution in [2.45, 2.75) is 6.42 Å². The van der Waals surface area contributed by atoms with Gasteiger partial charge in [0.05, 0.1) is 0 Å². The molecule has 1 nitrogen and oxygen atoms in total. The molecule has 0 saturated heterocycles. The van der Waals surface area contributed by atoms with Crippen LogP contribution in [0.5, 0.6) is 0 Å². The third-order valence-corrected chi connectivity index (χ3v) is 4.86. The molecule has 0 bridgehead atoms. The number of rotatable bonds is 3. The minimum atomic E-state index is -0.401. The van der Waals surface area contributed by atoms with Gasteiger partial charge in [0.25, 0.3) is 0 Å². The second-order valence-electron chi connectivity index (χ2n) is 3.42. The molecule has 0 aliphatic rings. The van der Waals surface area contributed by atoms with E-state index >= 15 is 0 Å². The van der Waals surface area contributed by atoms with Gasteiger partial charge < -0.3 is 0 Å². The van der Waals surface area contributed by atoms with Crippen molar-refractivity contribution in [3.63, 3.8) is 0 Å². The molecular weight excluding hydrogens is 371 g/mol. The van der Waals surface area contributed by atoms with Crippen molar-refractivity contribution >= 4 is 49.0 Å². The van der Waals surface area contributed by atoms with Crippen LogP contribution in [0.3, 0.4) is 0 Å². The van der Waals surface area contributed by atoms with Crippen LogP contribution in [0.2, 0.25) is 0 Å². The molecule has 0 atom stereocenters. The molecule has 1 aromatic heterocycles. The fourth-order valence-corrected chi connectivity index (χ4v) is 3.36. The Morgan fingerprint density at radius 2 is 2.00 bits per heavy atom. The predicted octanol–water partition coefficient (Wildman–Crippen LogP) is 4.84. The highest BCUT2D eigenvalue weighted by Crippen LogP contribution is 2.26. The van der Waals surface area contributed by atoms with E-state index in [-0.39, 0.29) is 12.2 Å². The van der Waals surface area contributed by atoms with Crippen LogP contribution in [0.25, 0.3) is 0 Å². The first-order valence-corrected chi connectivity index (χ1v) is 7.24. The molecule has 88 valence electrons. The van der Waals surface area contributed by atoms with Gasteiger partial charge in [-0.1, -0.05) is 15.9 Å². The third kappa shape index (κ3) is 3.03. The number of halogens is 3. The summed E-state index contributed by atoms with van der Waals surface area (Å²) in [6.45, 7) is 0. The van der Waals surface area contributed by atoms with E-state index in [1.165, 1.54) is 23.5 Å². The number of thiophene rings is 1. The van der Waals surface area contributed by atoms with Crippen molar-refractivity contribution < 1.29 is 9.18 Å². The first kappa shape index (κ1) is 12.9.